The monoisotopic (exact) mass is 383 g/mol. The van der Waals surface area contributed by atoms with Crippen molar-refractivity contribution in [1.82, 2.24) is 9.88 Å². The van der Waals surface area contributed by atoms with E-state index < -0.39 is 11.8 Å². The van der Waals surface area contributed by atoms with Crippen LogP contribution in [0.1, 0.15) is 16.7 Å². The Hall–Kier alpha value is -3.69. The molecule has 0 unspecified atom stereocenters. The molecule has 1 aliphatic rings. The van der Waals surface area contributed by atoms with Crippen LogP contribution in [0.5, 0.6) is 0 Å². The van der Waals surface area contributed by atoms with Gasteiger partial charge in [-0.25, -0.2) is 0 Å². The minimum Gasteiger partial charge on any atom is -0.350 e. The number of benzene rings is 2. The molecule has 2 amide bonds. The lowest BCUT2D eigenvalue weighted by atomic mass is 9.95. The van der Waals surface area contributed by atoms with Crippen molar-refractivity contribution in [3.8, 4) is 6.07 Å². The van der Waals surface area contributed by atoms with Gasteiger partial charge in [0.15, 0.2) is 0 Å². The maximum absolute atomic E-state index is 12.8. The van der Waals surface area contributed by atoms with Crippen molar-refractivity contribution in [2.24, 2.45) is 7.05 Å². The molecule has 134 valence electrons. The van der Waals surface area contributed by atoms with Gasteiger partial charge < -0.3 is 4.57 Å². The van der Waals surface area contributed by atoms with Crippen LogP contribution in [0.3, 0.4) is 0 Å². The normalized spacial score (nSPS) is 14.1. The molecule has 0 spiro atoms. The molecule has 0 saturated carbocycles. The highest BCUT2D eigenvalue weighted by molar-refractivity contribution is 7.17. The van der Waals surface area contributed by atoms with Gasteiger partial charge in [-0.05, 0) is 24.3 Å². The Kier molecular flexibility index (Phi) is 3.48. The second kappa shape index (κ2) is 5.91. The molecule has 2 aromatic carbocycles. The van der Waals surface area contributed by atoms with E-state index in [1.165, 1.54) is 0 Å². The van der Waals surface area contributed by atoms with Gasteiger partial charge in [-0.2, -0.15) is 5.26 Å². The summed E-state index contributed by atoms with van der Waals surface area (Å²) in [5.74, 6) is -0.804. The summed E-state index contributed by atoms with van der Waals surface area (Å²) in [6.07, 6.45) is 1.84. The summed E-state index contributed by atoms with van der Waals surface area (Å²) >= 11 is 1.54. The average Bonchev–Trinajstić information content (AvgIpc) is 3.34. The lowest BCUT2D eigenvalue weighted by Gasteiger charge is -2.03. The number of nitriles is 1. The number of rotatable bonds is 2. The Morgan fingerprint density at radius 3 is 2.54 bits per heavy atom. The van der Waals surface area contributed by atoms with E-state index >= 15 is 0 Å². The molecule has 3 heterocycles. The molecule has 4 aromatic rings. The summed E-state index contributed by atoms with van der Waals surface area (Å²) in [6.45, 7) is 0. The third kappa shape index (κ3) is 2.24. The van der Waals surface area contributed by atoms with Crippen LogP contribution in [0.25, 0.3) is 32.1 Å². The molecule has 5 nitrogen and oxygen atoms in total. The standard InChI is InChI=1S/C22H13N3O2S/c1-25-10-15(14-8-12(9-23)6-7-17(14)25)19-20(22(27)24-21(19)26)16-11-28-18-5-3-2-4-13(16)18/h2-8,10-11H,1H3,(H,24,26,27). The van der Waals surface area contributed by atoms with E-state index in [0.29, 0.717) is 22.3 Å². The summed E-state index contributed by atoms with van der Waals surface area (Å²) in [6, 6.07) is 15.3. The van der Waals surface area contributed by atoms with Gasteiger partial charge in [-0.1, -0.05) is 18.2 Å². The number of nitrogens with one attached hydrogen (secondary N) is 1. The van der Waals surface area contributed by atoms with Crippen molar-refractivity contribution in [3.05, 3.63) is 70.7 Å². The minimum absolute atomic E-state index is 0.356. The van der Waals surface area contributed by atoms with E-state index in [1.807, 2.05) is 53.5 Å². The topological polar surface area (TPSA) is 74.9 Å². The van der Waals surface area contributed by atoms with Crippen molar-refractivity contribution in [2.45, 2.75) is 0 Å². The summed E-state index contributed by atoms with van der Waals surface area (Å²) in [7, 11) is 1.88. The molecular formula is C22H13N3O2S. The van der Waals surface area contributed by atoms with E-state index in [2.05, 4.69) is 11.4 Å². The number of hydrogen-bond acceptors (Lipinski definition) is 4. The van der Waals surface area contributed by atoms with E-state index in [1.54, 1.807) is 23.5 Å². The van der Waals surface area contributed by atoms with Crippen LogP contribution in [0, 0.1) is 11.3 Å². The number of carbonyl (C=O) groups is 2. The van der Waals surface area contributed by atoms with Crippen LogP contribution in [0.4, 0.5) is 0 Å². The fraction of sp³-hybridized carbons (Fsp3) is 0.0455. The summed E-state index contributed by atoms with van der Waals surface area (Å²) in [4.78, 5) is 25.5. The summed E-state index contributed by atoms with van der Waals surface area (Å²) < 4.78 is 2.96. The van der Waals surface area contributed by atoms with Gasteiger partial charge in [-0.3, -0.25) is 14.9 Å². The highest BCUT2D eigenvalue weighted by Gasteiger charge is 2.34. The van der Waals surface area contributed by atoms with Crippen molar-refractivity contribution < 1.29 is 9.59 Å². The van der Waals surface area contributed by atoms with Crippen LogP contribution < -0.4 is 5.32 Å². The number of carbonyl (C=O) groups excluding carboxylic acids is 2. The molecule has 6 heteroatoms. The molecular weight excluding hydrogens is 370 g/mol. The molecule has 0 fully saturated rings. The Labute approximate surface area is 164 Å². The Morgan fingerprint density at radius 2 is 1.75 bits per heavy atom. The third-order valence-corrected chi connectivity index (χ3v) is 6.03. The fourth-order valence-corrected chi connectivity index (χ4v) is 4.75. The molecule has 1 N–H and O–H groups in total. The predicted molar refractivity (Wildman–Crippen MR) is 109 cm³/mol. The highest BCUT2D eigenvalue weighted by atomic mass is 32.1. The van der Waals surface area contributed by atoms with Gasteiger partial charge in [0.2, 0.25) is 0 Å². The molecule has 0 aliphatic carbocycles. The Bertz CT molecular complexity index is 1400. The molecule has 0 bridgehead atoms. The van der Waals surface area contributed by atoms with Crippen molar-refractivity contribution in [3.63, 3.8) is 0 Å². The maximum atomic E-state index is 12.8. The second-order valence-corrected chi connectivity index (χ2v) is 7.59. The van der Waals surface area contributed by atoms with E-state index in [0.717, 1.165) is 26.6 Å². The first-order valence-electron chi connectivity index (χ1n) is 8.64. The Morgan fingerprint density at radius 1 is 1.00 bits per heavy atom. The summed E-state index contributed by atoms with van der Waals surface area (Å²) in [5, 5.41) is 15.4. The van der Waals surface area contributed by atoms with E-state index in [4.69, 9.17) is 0 Å². The first-order chi connectivity index (χ1) is 13.6. The Balaban J connectivity index is 1.86. The number of nitrogens with zero attached hydrogens (tertiary/aromatic N) is 2. The van der Waals surface area contributed by atoms with Crippen molar-refractivity contribution >= 4 is 55.3 Å². The molecule has 28 heavy (non-hydrogen) atoms. The second-order valence-electron chi connectivity index (χ2n) is 6.68. The van der Waals surface area contributed by atoms with Gasteiger partial charge in [0.1, 0.15) is 0 Å². The zero-order valence-corrected chi connectivity index (χ0v) is 15.6. The van der Waals surface area contributed by atoms with Crippen LogP contribution in [-0.2, 0) is 16.6 Å². The number of aromatic nitrogens is 1. The van der Waals surface area contributed by atoms with Crippen LogP contribution >= 0.6 is 11.3 Å². The number of thiophene rings is 1. The molecule has 2 aromatic heterocycles. The van der Waals surface area contributed by atoms with Crippen molar-refractivity contribution in [2.75, 3.05) is 0 Å². The first kappa shape index (κ1) is 16.5. The molecule has 0 radical (unpaired) electrons. The summed E-state index contributed by atoms with van der Waals surface area (Å²) in [5.41, 5.74) is 3.55. The number of amides is 2. The van der Waals surface area contributed by atoms with Gasteiger partial charge >= 0.3 is 0 Å². The van der Waals surface area contributed by atoms with Crippen LogP contribution in [0.15, 0.2) is 54.0 Å². The fourth-order valence-electron chi connectivity index (χ4n) is 3.80. The zero-order valence-electron chi connectivity index (χ0n) is 14.8. The number of hydrogen-bond donors (Lipinski definition) is 1. The smallest absolute Gasteiger partial charge is 0.259 e. The quantitative estimate of drug-likeness (QED) is 0.535. The number of fused-ring (bicyclic) bond motifs is 2. The lowest BCUT2D eigenvalue weighted by molar-refractivity contribution is -0.122. The number of aryl methyl sites for hydroxylation is 1. The van der Waals surface area contributed by atoms with E-state index in [9.17, 15) is 14.9 Å². The first-order valence-corrected chi connectivity index (χ1v) is 9.52. The molecule has 0 saturated heterocycles. The van der Waals surface area contributed by atoms with Crippen molar-refractivity contribution in [1.29, 1.82) is 5.26 Å². The molecule has 1 aliphatic heterocycles. The average molecular weight is 383 g/mol. The van der Waals surface area contributed by atoms with Gasteiger partial charge in [-0.15, -0.1) is 11.3 Å². The SMILES string of the molecule is Cn1cc(C2=C(c3csc4ccccc34)C(=O)NC2=O)c2cc(C#N)ccc21. The largest absolute Gasteiger partial charge is 0.350 e. The van der Waals surface area contributed by atoms with Crippen LogP contribution in [-0.4, -0.2) is 16.4 Å². The lowest BCUT2D eigenvalue weighted by Crippen LogP contribution is -2.22. The minimum atomic E-state index is -0.412. The zero-order chi connectivity index (χ0) is 19.4. The van der Waals surface area contributed by atoms with Gasteiger partial charge in [0.25, 0.3) is 11.8 Å². The third-order valence-electron chi connectivity index (χ3n) is 5.07. The maximum Gasteiger partial charge on any atom is 0.259 e. The van der Waals surface area contributed by atoms with Gasteiger partial charge in [0.05, 0.1) is 22.8 Å². The van der Waals surface area contributed by atoms with Gasteiger partial charge in [0, 0.05) is 50.7 Å². The molecule has 0 atom stereocenters. The van der Waals surface area contributed by atoms with Crippen LogP contribution in [0.2, 0.25) is 0 Å². The predicted octanol–water partition coefficient (Wildman–Crippen LogP) is 3.83. The highest BCUT2D eigenvalue weighted by Crippen LogP contribution is 2.40. The molecule has 5 rings (SSSR count). The number of imide groups is 1. The van der Waals surface area contributed by atoms with E-state index in [-0.39, 0.29) is 0 Å².